The number of methoxy groups -OCH3 is 1. The molecule has 1 unspecified atom stereocenters. The standard InChI is InChI=1S/C25H35N3O4.HI/c1-3-26-24(28-18-25(11-13-29)12-14-31-19-25)27-16-21-9-10-22(23(15-21)30-2)32-17-20-7-5-4-6-8-20;/h4-10,15,29H,3,11-14,16-19H2,1-2H3,(H2,26,27,28);1H. The molecule has 0 radical (unpaired) electrons. The van der Waals surface area contributed by atoms with Crippen LogP contribution in [0.3, 0.4) is 0 Å². The van der Waals surface area contributed by atoms with Crippen molar-refractivity contribution in [3.63, 3.8) is 0 Å². The fraction of sp³-hybridized carbons (Fsp3) is 0.480. The number of nitrogens with one attached hydrogen (secondary N) is 2. The summed E-state index contributed by atoms with van der Waals surface area (Å²) in [4.78, 5) is 4.73. The summed E-state index contributed by atoms with van der Waals surface area (Å²) < 4.78 is 17.1. The molecule has 0 amide bonds. The van der Waals surface area contributed by atoms with E-state index in [1.165, 1.54) is 0 Å². The summed E-state index contributed by atoms with van der Waals surface area (Å²) in [5.41, 5.74) is 2.10. The third-order valence-corrected chi connectivity index (χ3v) is 5.69. The molecule has 3 rings (SSSR count). The van der Waals surface area contributed by atoms with Crippen LogP contribution in [-0.4, -0.2) is 51.1 Å². The molecule has 0 aliphatic carbocycles. The molecule has 7 nitrogen and oxygen atoms in total. The van der Waals surface area contributed by atoms with E-state index in [1.54, 1.807) is 7.11 Å². The van der Waals surface area contributed by atoms with E-state index < -0.39 is 0 Å². The van der Waals surface area contributed by atoms with Gasteiger partial charge in [-0.3, -0.25) is 0 Å². The molecule has 182 valence electrons. The number of nitrogens with zero attached hydrogens (tertiary/aromatic N) is 1. The largest absolute Gasteiger partial charge is 0.493 e. The van der Waals surface area contributed by atoms with Crippen molar-refractivity contribution in [2.75, 3.05) is 40.0 Å². The van der Waals surface area contributed by atoms with Crippen LogP contribution in [0.25, 0.3) is 0 Å². The minimum absolute atomic E-state index is 0. The zero-order chi connectivity index (χ0) is 22.7. The molecular weight excluding hydrogens is 533 g/mol. The zero-order valence-electron chi connectivity index (χ0n) is 19.5. The Balaban J connectivity index is 0.00000385. The van der Waals surface area contributed by atoms with Gasteiger partial charge >= 0.3 is 0 Å². The Morgan fingerprint density at radius 3 is 2.61 bits per heavy atom. The Bertz CT molecular complexity index is 858. The van der Waals surface area contributed by atoms with Crippen molar-refractivity contribution in [1.29, 1.82) is 0 Å². The van der Waals surface area contributed by atoms with E-state index >= 15 is 0 Å². The van der Waals surface area contributed by atoms with E-state index in [2.05, 4.69) is 10.6 Å². The van der Waals surface area contributed by atoms with Crippen LogP contribution in [0.4, 0.5) is 0 Å². The minimum Gasteiger partial charge on any atom is -0.493 e. The zero-order valence-corrected chi connectivity index (χ0v) is 21.8. The van der Waals surface area contributed by atoms with Crippen LogP contribution in [0.15, 0.2) is 53.5 Å². The summed E-state index contributed by atoms with van der Waals surface area (Å²) in [5.74, 6) is 2.15. The second kappa shape index (κ2) is 14.3. The number of hydrogen-bond acceptors (Lipinski definition) is 5. The maximum Gasteiger partial charge on any atom is 0.191 e. The van der Waals surface area contributed by atoms with Gasteiger partial charge in [0.05, 0.1) is 20.3 Å². The van der Waals surface area contributed by atoms with Crippen molar-refractivity contribution in [2.45, 2.75) is 32.9 Å². The number of rotatable bonds is 11. The highest BCUT2D eigenvalue weighted by Crippen LogP contribution is 2.31. The quantitative estimate of drug-likeness (QED) is 0.217. The highest BCUT2D eigenvalue weighted by molar-refractivity contribution is 14.0. The van der Waals surface area contributed by atoms with Crippen molar-refractivity contribution in [2.24, 2.45) is 10.4 Å². The van der Waals surface area contributed by atoms with Gasteiger partial charge in [-0.05, 0) is 43.0 Å². The molecule has 1 atom stereocenters. The third-order valence-electron chi connectivity index (χ3n) is 5.69. The average molecular weight is 569 g/mol. The molecule has 1 saturated heterocycles. The molecule has 2 aromatic carbocycles. The molecule has 0 bridgehead atoms. The van der Waals surface area contributed by atoms with Gasteiger partial charge in [-0.15, -0.1) is 24.0 Å². The average Bonchev–Trinajstić information content (AvgIpc) is 3.29. The monoisotopic (exact) mass is 569 g/mol. The number of benzene rings is 2. The number of guanidine groups is 1. The second-order valence-corrected chi connectivity index (χ2v) is 8.08. The lowest BCUT2D eigenvalue weighted by atomic mass is 9.84. The number of ether oxygens (including phenoxy) is 3. The smallest absolute Gasteiger partial charge is 0.191 e. The maximum atomic E-state index is 9.44. The molecule has 8 heteroatoms. The van der Waals surface area contributed by atoms with Gasteiger partial charge in [-0.2, -0.15) is 0 Å². The van der Waals surface area contributed by atoms with Crippen LogP contribution in [0, 0.1) is 5.41 Å². The van der Waals surface area contributed by atoms with Gasteiger partial charge in [-0.1, -0.05) is 36.4 Å². The van der Waals surface area contributed by atoms with E-state index in [4.69, 9.17) is 19.2 Å². The minimum atomic E-state index is -0.0358. The lowest BCUT2D eigenvalue weighted by molar-refractivity contribution is 0.127. The first-order valence-electron chi connectivity index (χ1n) is 11.2. The van der Waals surface area contributed by atoms with E-state index in [9.17, 15) is 5.11 Å². The molecular formula is C25H36IN3O4. The highest BCUT2D eigenvalue weighted by Gasteiger charge is 2.34. The van der Waals surface area contributed by atoms with Crippen molar-refractivity contribution in [3.8, 4) is 11.5 Å². The summed E-state index contributed by atoms with van der Waals surface area (Å²) >= 11 is 0. The lowest BCUT2D eigenvalue weighted by Gasteiger charge is -2.27. The van der Waals surface area contributed by atoms with Gasteiger partial charge < -0.3 is 30.0 Å². The molecule has 1 aliphatic rings. The molecule has 0 saturated carbocycles. The van der Waals surface area contributed by atoms with Crippen molar-refractivity contribution in [1.82, 2.24) is 10.6 Å². The number of aliphatic imine (C=N–C) groups is 1. The van der Waals surface area contributed by atoms with E-state index in [0.717, 1.165) is 49.6 Å². The van der Waals surface area contributed by atoms with Crippen molar-refractivity contribution in [3.05, 3.63) is 59.7 Å². The normalized spacial score (nSPS) is 17.8. The Hall–Kier alpha value is -2.04. The fourth-order valence-corrected chi connectivity index (χ4v) is 3.76. The van der Waals surface area contributed by atoms with E-state index in [0.29, 0.717) is 31.3 Å². The topological polar surface area (TPSA) is 84.3 Å². The molecule has 1 heterocycles. The lowest BCUT2D eigenvalue weighted by Crippen LogP contribution is -2.44. The molecule has 2 aromatic rings. The Labute approximate surface area is 214 Å². The Kier molecular flexibility index (Phi) is 11.8. The van der Waals surface area contributed by atoms with Gasteiger partial charge in [-0.25, -0.2) is 4.99 Å². The van der Waals surface area contributed by atoms with Crippen LogP contribution in [-0.2, 0) is 17.9 Å². The first-order valence-corrected chi connectivity index (χ1v) is 11.2. The fourth-order valence-electron chi connectivity index (χ4n) is 3.76. The summed E-state index contributed by atoms with van der Waals surface area (Å²) in [6.07, 6.45) is 1.67. The van der Waals surface area contributed by atoms with Crippen LogP contribution >= 0.6 is 24.0 Å². The first-order chi connectivity index (χ1) is 15.7. The summed E-state index contributed by atoms with van der Waals surface area (Å²) in [6, 6.07) is 16.0. The van der Waals surface area contributed by atoms with Gasteiger partial charge in [0.2, 0.25) is 0 Å². The molecule has 3 N–H and O–H groups in total. The third kappa shape index (κ3) is 8.35. The summed E-state index contributed by atoms with van der Waals surface area (Å²) in [6.45, 7) is 6.10. The maximum absolute atomic E-state index is 9.44. The van der Waals surface area contributed by atoms with Gasteiger partial charge in [0, 0.05) is 31.7 Å². The second-order valence-electron chi connectivity index (χ2n) is 8.08. The van der Waals surface area contributed by atoms with Crippen LogP contribution < -0.4 is 20.1 Å². The summed E-state index contributed by atoms with van der Waals surface area (Å²) in [5, 5.41) is 16.2. The Morgan fingerprint density at radius 1 is 1.12 bits per heavy atom. The highest BCUT2D eigenvalue weighted by atomic mass is 127. The van der Waals surface area contributed by atoms with Crippen molar-refractivity contribution >= 4 is 29.9 Å². The SMILES string of the molecule is CCNC(=NCc1ccc(OCc2ccccc2)c(OC)c1)NCC1(CCO)CCOC1.I. The molecule has 33 heavy (non-hydrogen) atoms. The molecule has 0 aromatic heterocycles. The number of halogens is 1. The molecule has 0 spiro atoms. The van der Waals surface area contributed by atoms with Gasteiger partial charge in [0.1, 0.15) is 6.61 Å². The van der Waals surface area contributed by atoms with Gasteiger partial charge in [0.25, 0.3) is 0 Å². The summed E-state index contributed by atoms with van der Waals surface area (Å²) in [7, 11) is 1.65. The van der Waals surface area contributed by atoms with Crippen LogP contribution in [0.2, 0.25) is 0 Å². The Morgan fingerprint density at radius 2 is 1.94 bits per heavy atom. The first kappa shape index (κ1) is 27.2. The number of aliphatic hydroxyl groups excluding tert-OH is 1. The van der Waals surface area contributed by atoms with E-state index in [-0.39, 0.29) is 36.0 Å². The van der Waals surface area contributed by atoms with Gasteiger partial charge in [0.15, 0.2) is 17.5 Å². The number of hydrogen-bond donors (Lipinski definition) is 3. The van der Waals surface area contributed by atoms with Crippen LogP contribution in [0.5, 0.6) is 11.5 Å². The predicted molar refractivity (Wildman–Crippen MR) is 142 cm³/mol. The molecule has 1 aliphatic heterocycles. The number of aliphatic hydroxyl groups is 1. The van der Waals surface area contributed by atoms with Crippen molar-refractivity contribution < 1.29 is 19.3 Å². The van der Waals surface area contributed by atoms with E-state index in [1.807, 2.05) is 55.5 Å². The predicted octanol–water partition coefficient (Wildman–Crippen LogP) is 3.74. The van der Waals surface area contributed by atoms with Crippen LogP contribution in [0.1, 0.15) is 30.9 Å². The molecule has 1 fully saturated rings.